The van der Waals surface area contributed by atoms with Crippen LogP contribution < -0.4 is 0 Å². The van der Waals surface area contributed by atoms with Crippen LogP contribution in [0.5, 0.6) is 0 Å². The van der Waals surface area contributed by atoms with Gasteiger partial charge in [0.2, 0.25) is 0 Å². The van der Waals surface area contributed by atoms with Gasteiger partial charge in [-0.1, -0.05) is 147 Å². The van der Waals surface area contributed by atoms with Gasteiger partial charge in [-0.3, -0.25) is 4.79 Å². The molecule has 52 heavy (non-hydrogen) atoms. The van der Waals surface area contributed by atoms with E-state index < -0.39 is 30.7 Å². The molecule has 5 rings (SSSR count). The lowest BCUT2D eigenvalue weighted by molar-refractivity contribution is -0.328. The lowest BCUT2D eigenvalue weighted by Gasteiger charge is -2.46. The maximum absolute atomic E-state index is 11.4. The van der Waals surface area contributed by atoms with E-state index in [0.717, 1.165) is 60.8 Å². The molecule has 0 aromatic heterocycles. The Labute approximate surface area is 309 Å². The quantitative estimate of drug-likeness (QED) is 0.0560. The van der Waals surface area contributed by atoms with Crippen molar-refractivity contribution in [2.75, 3.05) is 20.3 Å². The molecule has 0 saturated carbocycles. The smallest absolute Gasteiger partial charge is 0.305 e. The van der Waals surface area contributed by atoms with E-state index in [1.54, 1.807) is 0 Å². The maximum Gasteiger partial charge on any atom is 0.305 e. The van der Waals surface area contributed by atoms with Crippen molar-refractivity contribution in [1.29, 1.82) is 0 Å². The molecular formula is C44H54O8. The van der Waals surface area contributed by atoms with Gasteiger partial charge in [-0.15, -0.1) is 0 Å². The molecule has 1 aliphatic rings. The number of unbranched alkanes of at least 4 members (excludes halogenated alkanes) is 5. The topological polar surface area (TPSA) is 81.7 Å². The minimum Gasteiger partial charge on any atom is -0.469 e. The number of carbonyl (C=O) groups is 1. The first-order valence-electron chi connectivity index (χ1n) is 18.6. The molecule has 1 fully saturated rings. The number of hydrogen-bond acceptors (Lipinski definition) is 8. The molecular weight excluding hydrogens is 656 g/mol. The van der Waals surface area contributed by atoms with Gasteiger partial charge in [0.15, 0.2) is 6.29 Å². The summed E-state index contributed by atoms with van der Waals surface area (Å²) in [7, 11) is 1.44. The molecule has 0 N–H and O–H groups in total. The number of rotatable bonds is 23. The predicted octanol–water partition coefficient (Wildman–Crippen LogP) is 8.60. The number of carbonyl (C=O) groups excluding carboxylic acids is 1. The minimum atomic E-state index is -0.702. The largest absolute Gasteiger partial charge is 0.469 e. The molecule has 4 aromatic carbocycles. The van der Waals surface area contributed by atoms with Crippen molar-refractivity contribution in [3.63, 3.8) is 0 Å². The summed E-state index contributed by atoms with van der Waals surface area (Å²) < 4.78 is 44.6. The average molecular weight is 711 g/mol. The lowest BCUT2D eigenvalue weighted by Crippen LogP contribution is -2.61. The molecule has 4 aromatic rings. The zero-order valence-electron chi connectivity index (χ0n) is 30.4. The highest BCUT2D eigenvalue weighted by Gasteiger charge is 2.49. The van der Waals surface area contributed by atoms with E-state index in [9.17, 15) is 4.79 Å². The highest BCUT2D eigenvalue weighted by atomic mass is 16.7. The van der Waals surface area contributed by atoms with E-state index in [0.29, 0.717) is 39.5 Å². The monoisotopic (exact) mass is 710 g/mol. The summed E-state index contributed by atoms with van der Waals surface area (Å²) in [5.41, 5.74) is 4.24. The molecule has 1 saturated heterocycles. The van der Waals surface area contributed by atoms with Crippen LogP contribution in [0.15, 0.2) is 121 Å². The fraction of sp³-hybridized carbons (Fsp3) is 0.432. The second kappa shape index (κ2) is 22.9. The second-order valence-electron chi connectivity index (χ2n) is 13.1. The van der Waals surface area contributed by atoms with Crippen LogP contribution in [0.2, 0.25) is 0 Å². The summed E-state index contributed by atoms with van der Waals surface area (Å²) in [6.45, 7) is 2.37. The Morgan fingerprint density at radius 2 is 0.962 bits per heavy atom. The van der Waals surface area contributed by atoms with E-state index in [4.69, 9.17) is 33.2 Å². The van der Waals surface area contributed by atoms with Crippen molar-refractivity contribution in [1.82, 2.24) is 0 Å². The highest BCUT2D eigenvalue weighted by molar-refractivity contribution is 5.68. The van der Waals surface area contributed by atoms with Gasteiger partial charge in [0.1, 0.15) is 24.4 Å². The normalized spacial score (nSPS) is 20.1. The average Bonchev–Trinajstić information content (AvgIpc) is 3.20. The Bertz CT molecular complexity index is 1500. The van der Waals surface area contributed by atoms with Gasteiger partial charge in [0.05, 0.1) is 40.1 Å². The molecule has 8 heteroatoms. The second-order valence-corrected chi connectivity index (χ2v) is 13.1. The standard InChI is InChI=1S/C44H54O8/c1-46-40(45)28-18-4-2-3-5-19-29-48-44-43(51-33-38-26-16-9-17-27-38)42(50-32-37-24-14-8-15-25-37)41(49-31-36-22-12-7-13-23-36)39(52-44)34-47-30-35-20-10-6-11-21-35/h6-17,20-27,39,41-44H,2-5,18-19,28-34H2,1H3/t39-,41-,42+,43-,44+/m1/s1. The van der Waals surface area contributed by atoms with Crippen molar-refractivity contribution in [3.8, 4) is 0 Å². The maximum atomic E-state index is 11.4. The molecule has 0 unspecified atom stereocenters. The van der Waals surface area contributed by atoms with Gasteiger partial charge in [-0.05, 0) is 35.1 Å². The van der Waals surface area contributed by atoms with Crippen LogP contribution in [0.25, 0.3) is 0 Å². The summed E-state index contributed by atoms with van der Waals surface area (Å²) in [5.74, 6) is -0.146. The van der Waals surface area contributed by atoms with Crippen LogP contribution in [0.4, 0.5) is 0 Å². The summed E-state index contributed by atoms with van der Waals surface area (Å²) in [6.07, 6.45) is 3.57. The van der Waals surface area contributed by atoms with E-state index >= 15 is 0 Å². The highest BCUT2D eigenvalue weighted by Crippen LogP contribution is 2.32. The van der Waals surface area contributed by atoms with E-state index in [2.05, 4.69) is 36.4 Å². The number of hydrogen-bond donors (Lipinski definition) is 0. The zero-order valence-corrected chi connectivity index (χ0v) is 30.4. The molecule has 0 spiro atoms. The Hall–Kier alpha value is -3.89. The SMILES string of the molecule is COC(=O)CCCCCCCCO[C@H]1O[C@H](COCc2ccccc2)[C@@H](OCc2ccccc2)[C@H](OCc2ccccc2)[C@H]1OCc1ccccc1. The minimum absolute atomic E-state index is 0.146. The molecule has 0 bridgehead atoms. The third-order valence-electron chi connectivity index (χ3n) is 9.13. The third kappa shape index (κ3) is 13.6. The van der Waals surface area contributed by atoms with Crippen molar-refractivity contribution in [2.24, 2.45) is 0 Å². The van der Waals surface area contributed by atoms with Gasteiger partial charge in [0.25, 0.3) is 0 Å². The van der Waals surface area contributed by atoms with Gasteiger partial charge in [-0.25, -0.2) is 0 Å². The van der Waals surface area contributed by atoms with E-state index in [1.165, 1.54) is 7.11 Å². The van der Waals surface area contributed by atoms with Crippen molar-refractivity contribution in [2.45, 2.75) is 102 Å². The van der Waals surface area contributed by atoms with Crippen LogP contribution >= 0.6 is 0 Å². The predicted molar refractivity (Wildman–Crippen MR) is 200 cm³/mol. The third-order valence-corrected chi connectivity index (χ3v) is 9.13. The molecule has 5 atom stereocenters. The Kier molecular flexibility index (Phi) is 17.3. The number of ether oxygens (including phenoxy) is 7. The first-order valence-corrected chi connectivity index (χ1v) is 18.6. The van der Waals surface area contributed by atoms with Gasteiger partial charge >= 0.3 is 5.97 Å². The molecule has 0 amide bonds. The molecule has 0 aliphatic carbocycles. The molecule has 8 nitrogen and oxygen atoms in total. The Morgan fingerprint density at radius 1 is 0.519 bits per heavy atom. The summed E-state index contributed by atoms with van der Waals surface area (Å²) in [5, 5.41) is 0. The molecule has 1 aliphatic heterocycles. The number of benzene rings is 4. The summed E-state index contributed by atoms with van der Waals surface area (Å²) in [4.78, 5) is 11.4. The van der Waals surface area contributed by atoms with E-state index in [1.807, 2.05) is 84.9 Å². The van der Waals surface area contributed by atoms with Crippen LogP contribution in [0, 0.1) is 0 Å². The zero-order chi connectivity index (χ0) is 36.1. The first kappa shape index (κ1) is 39.3. The number of methoxy groups -OCH3 is 1. The van der Waals surface area contributed by atoms with Crippen molar-refractivity contribution in [3.05, 3.63) is 144 Å². The van der Waals surface area contributed by atoms with Gasteiger partial charge < -0.3 is 33.2 Å². The lowest BCUT2D eigenvalue weighted by atomic mass is 9.97. The van der Waals surface area contributed by atoms with Crippen molar-refractivity contribution >= 4 is 5.97 Å². The van der Waals surface area contributed by atoms with Crippen LogP contribution in [-0.2, 0) is 64.4 Å². The van der Waals surface area contributed by atoms with Crippen LogP contribution in [0.3, 0.4) is 0 Å². The molecule has 1 heterocycles. The van der Waals surface area contributed by atoms with E-state index in [-0.39, 0.29) is 12.6 Å². The van der Waals surface area contributed by atoms with Gasteiger partial charge in [0, 0.05) is 13.0 Å². The van der Waals surface area contributed by atoms with Crippen LogP contribution in [0.1, 0.15) is 67.2 Å². The Balaban J connectivity index is 1.32. The summed E-state index contributed by atoms with van der Waals surface area (Å²) >= 11 is 0. The van der Waals surface area contributed by atoms with Crippen molar-refractivity contribution < 1.29 is 38.0 Å². The van der Waals surface area contributed by atoms with Gasteiger partial charge in [-0.2, -0.15) is 0 Å². The number of esters is 1. The fourth-order valence-electron chi connectivity index (χ4n) is 6.26. The van der Waals surface area contributed by atoms with Crippen LogP contribution in [-0.4, -0.2) is 57.0 Å². The summed E-state index contributed by atoms with van der Waals surface area (Å²) in [6, 6.07) is 40.5. The molecule has 0 radical (unpaired) electrons. The fourth-order valence-corrected chi connectivity index (χ4v) is 6.26. The molecule has 278 valence electrons. The first-order chi connectivity index (χ1) is 25.7. The Morgan fingerprint density at radius 3 is 1.48 bits per heavy atom.